The van der Waals surface area contributed by atoms with Crippen LogP contribution in [0.25, 0.3) is 0 Å². The Morgan fingerprint density at radius 1 is 1.10 bits per heavy atom. The topological polar surface area (TPSA) is 83.5 Å². The molecule has 4 aliphatic rings. The normalized spacial score (nSPS) is 29.2. The van der Waals surface area contributed by atoms with Gasteiger partial charge in [-0.2, -0.15) is 0 Å². The van der Waals surface area contributed by atoms with Gasteiger partial charge >= 0.3 is 6.03 Å². The number of nitrogens with one attached hydrogen (secondary N) is 1. The highest BCUT2D eigenvalue weighted by Crippen LogP contribution is 2.57. The molecule has 3 heterocycles. The third-order valence-corrected chi connectivity index (χ3v) is 8.53. The van der Waals surface area contributed by atoms with Crippen molar-refractivity contribution in [2.24, 2.45) is 10.4 Å². The van der Waals surface area contributed by atoms with Crippen molar-refractivity contribution in [3.05, 3.63) is 93.5 Å². The summed E-state index contributed by atoms with van der Waals surface area (Å²) in [6.45, 7) is 9.73. The van der Waals surface area contributed by atoms with Crippen molar-refractivity contribution in [1.29, 1.82) is 0 Å². The first kappa shape index (κ1) is 26.6. The molecule has 3 aliphatic heterocycles. The highest BCUT2D eigenvalue weighted by atomic mass is 35.5. The van der Waals surface area contributed by atoms with Gasteiger partial charge in [-0.15, -0.1) is 0 Å². The smallest absolute Gasteiger partial charge is 0.330 e. The van der Waals surface area contributed by atoms with Crippen molar-refractivity contribution < 1.29 is 19.1 Å². The fraction of sp³-hybridized carbons (Fsp3) is 0.387. The minimum absolute atomic E-state index is 0.113. The molecule has 2 aromatic rings. The maximum absolute atomic E-state index is 14.5. The molecular formula is C31H33ClN4O4. The van der Waals surface area contributed by atoms with E-state index in [1.807, 2.05) is 83.2 Å². The number of aliphatic imine (C=N–C) groups is 1. The Labute approximate surface area is 239 Å². The number of hydrogen-bond acceptors (Lipinski definition) is 5. The van der Waals surface area contributed by atoms with Gasteiger partial charge in [-0.25, -0.2) is 4.79 Å². The third kappa shape index (κ3) is 3.80. The molecule has 9 heteroatoms. The molecule has 3 amide bonds. The zero-order chi connectivity index (χ0) is 28.6. The highest BCUT2D eigenvalue weighted by Gasteiger charge is 2.63. The summed E-state index contributed by atoms with van der Waals surface area (Å²) < 4.78 is 12.4. The zero-order valence-electron chi connectivity index (χ0n) is 23.5. The molecule has 208 valence electrons. The molecule has 2 aromatic carbocycles. The number of carbonyl (C=O) groups excluding carboxylic acids is 2. The predicted molar refractivity (Wildman–Crippen MR) is 152 cm³/mol. The summed E-state index contributed by atoms with van der Waals surface area (Å²) >= 11 is 6.25. The number of nitrogens with zero attached hydrogens (tertiary/aromatic N) is 3. The van der Waals surface area contributed by atoms with E-state index < -0.39 is 23.1 Å². The fourth-order valence-electron chi connectivity index (χ4n) is 6.35. The first-order chi connectivity index (χ1) is 19.0. The molecule has 40 heavy (non-hydrogen) atoms. The molecule has 6 rings (SSSR count). The molecule has 1 aliphatic carbocycles. The number of methoxy groups -OCH3 is 1. The van der Waals surface area contributed by atoms with Gasteiger partial charge in [0.15, 0.2) is 0 Å². The van der Waals surface area contributed by atoms with Gasteiger partial charge in [0.2, 0.25) is 5.91 Å². The second-order valence-electron chi connectivity index (χ2n) is 11.4. The van der Waals surface area contributed by atoms with Crippen molar-refractivity contribution >= 4 is 29.4 Å². The number of amidine groups is 1. The molecule has 8 nitrogen and oxygen atoms in total. The van der Waals surface area contributed by atoms with Crippen LogP contribution < -0.4 is 5.32 Å². The van der Waals surface area contributed by atoms with Crippen molar-refractivity contribution in [3.63, 3.8) is 0 Å². The molecular weight excluding hydrogens is 528 g/mol. The number of carbonyl (C=O) groups is 2. The van der Waals surface area contributed by atoms with Crippen LogP contribution in [0.15, 0.2) is 76.8 Å². The number of ether oxygens (including phenoxy) is 2. The summed E-state index contributed by atoms with van der Waals surface area (Å²) in [6.07, 6.45) is 1.76. The number of aryl methyl sites for hydroxylation is 1. The maximum atomic E-state index is 14.5. The summed E-state index contributed by atoms with van der Waals surface area (Å²) in [5.74, 6) is 0.928. The van der Waals surface area contributed by atoms with Gasteiger partial charge in [0.25, 0.3) is 0 Å². The maximum Gasteiger partial charge on any atom is 0.330 e. The van der Waals surface area contributed by atoms with Crippen LogP contribution in [0.2, 0.25) is 5.02 Å². The summed E-state index contributed by atoms with van der Waals surface area (Å²) in [5.41, 5.74) is 2.15. The summed E-state index contributed by atoms with van der Waals surface area (Å²) in [7, 11) is 1.58. The first-order valence-corrected chi connectivity index (χ1v) is 13.9. The van der Waals surface area contributed by atoms with E-state index in [0.717, 1.165) is 16.7 Å². The number of hydrogen-bond donors (Lipinski definition) is 1. The van der Waals surface area contributed by atoms with Crippen molar-refractivity contribution in [2.75, 3.05) is 13.7 Å². The van der Waals surface area contributed by atoms with E-state index in [2.05, 4.69) is 11.4 Å². The number of amides is 3. The second-order valence-corrected chi connectivity index (χ2v) is 11.9. The summed E-state index contributed by atoms with van der Waals surface area (Å²) in [6, 6.07) is 14.6. The standard InChI is InChI=1S/C31H33ClN4O4/c1-17(2)40-22-15-30(4,39-6)26-27-31(22,5)28-34-24(19-10-12-21(32)13-11-19)25(20-9-7-8-18(3)14-20)36(28)29(38)35(27)16-23(37)33-26/h7-15,17,24-25H,16H2,1-6H3,(H,33,37)/t24-,25+,30?,31?/m0/s1. The van der Waals surface area contributed by atoms with Crippen molar-refractivity contribution in [2.45, 2.75) is 58.4 Å². The van der Waals surface area contributed by atoms with E-state index in [0.29, 0.717) is 28.0 Å². The third-order valence-electron chi connectivity index (χ3n) is 8.28. The van der Waals surface area contributed by atoms with Crippen LogP contribution in [0.5, 0.6) is 0 Å². The molecule has 0 aromatic heterocycles. The second kappa shape index (κ2) is 9.21. The quantitative estimate of drug-likeness (QED) is 0.512. The van der Waals surface area contributed by atoms with Gasteiger partial charge in [0.05, 0.1) is 23.5 Å². The molecule has 0 bridgehead atoms. The molecule has 0 spiro atoms. The number of benzene rings is 2. The van der Waals surface area contributed by atoms with Crippen molar-refractivity contribution in [1.82, 2.24) is 15.1 Å². The van der Waals surface area contributed by atoms with Crippen LogP contribution in [0.4, 0.5) is 4.79 Å². The van der Waals surface area contributed by atoms with E-state index in [-0.39, 0.29) is 24.6 Å². The predicted octanol–water partition coefficient (Wildman–Crippen LogP) is 5.66. The Hall–Kier alpha value is -3.62. The number of rotatable bonds is 5. The van der Waals surface area contributed by atoms with Crippen molar-refractivity contribution in [3.8, 4) is 0 Å². The van der Waals surface area contributed by atoms with Gasteiger partial charge in [0.1, 0.15) is 35.2 Å². The lowest BCUT2D eigenvalue weighted by molar-refractivity contribution is -0.123. The van der Waals surface area contributed by atoms with Crippen LogP contribution in [0.1, 0.15) is 56.5 Å². The number of urea groups is 1. The minimum Gasteiger partial charge on any atom is -0.494 e. The van der Waals surface area contributed by atoms with E-state index >= 15 is 0 Å². The Kier molecular flexibility index (Phi) is 6.12. The molecule has 0 saturated carbocycles. The van der Waals surface area contributed by atoms with Crippen LogP contribution in [-0.2, 0) is 14.3 Å². The number of fused-ring (bicyclic) bond motifs is 2. The van der Waals surface area contributed by atoms with Gasteiger partial charge in [-0.05, 0) is 64.0 Å². The average molecular weight is 561 g/mol. The van der Waals surface area contributed by atoms with Crippen LogP contribution in [-0.4, -0.2) is 52.9 Å². The SMILES string of the molecule is COC1(C)C=C(OC(C)C)C2(C)C3=N[C@@H](c4ccc(Cl)cc4)[C@@H](c4cccc(C)c4)N3C(=O)N3CC(=O)NC1=C32. The highest BCUT2D eigenvalue weighted by molar-refractivity contribution is 6.30. The average Bonchev–Trinajstić information content (AvgIpc) is 3.32. The molecule has 4 atom stereocenters. The monoisotopic (exact) mass is 560 g/mol. The van der Waals surface area contributed by atoms with Crippen LogP contribution >= 0.6 is 11.6 Å². The zero-order valence-corrected chi connectivity index (χ0v) is 24.2. The fourth-order valence-corrected chi connectivity index (χ4v) is 6.48. The lowest BCUT2D eigenvalue weighted by atomic mass is 9.71. The van der Waals surface area contributed by atoms with Gasteiger partial charge in [-0.3, -0.25) is 19.6 Å². The van der Waals surface area contributed by atoms with Gasteiger partial charge < -0.3 is 14.8 Å². The Balaban J connectivity index is 1.64. The van der Waals surface area contributed by atoms with E-state index in [9.17, 15) is 9.59 Å². The molecule has 1 saturated heterocycles. The van der Waals surface area contributed by atoms with E-state index in [1.54, 1.807) is 16.9 Å². The molecule has 0 radical (unpaired) electrons. The molecule has 1 N–H and O–H groups in total. The number of halogens is 1. The molecule has 1 fully saturated rings. The van der Waals surface area contributed by atoms with Crippen LogP contribution in [0, 0.1) is 12.3 Å². The summed E-state index contributed by atoms with van der Waals surface area (Å²) in [5, 5.41) is 3.65. The van der Waals surface area contributed by atoms with Gasteiger partial charge in [0, 0.05) is 12.1 Å². The lowest BCUT2D eigenvalue weighted by Crippen LogP contribution is -2.66. The Morgan fingerprint density at radius 3 is 2.48 bits per heavy atom. The summed E-state index contributed by atoms with van der Waals surface area (Å²) in [4.78, 5) is 36.2. The molecule has 2 unspecified atom stereocenters. The van der Waals surface area contributed by atoms with E-state index in [1.165, 1.54) is 0 Å². The Bertz CT molecular complexity index is 1510. The van der Waals surface area contributed by atoms with Gasteiger partial charge in [-0.1, -0.05) is 53.6 Å². The lowest BCUT2D eigenvalue weighted by Gasteiger charge is -2.54. The largest absolute Gasteiger partial charge is 0.494 e. The Morgan fingerprint density at radius 2 is 1.82 bits per heavy atom. The minimum atomic E-state index is -1.01. The van der Waals surface area contributed by atoms with E-state index in [4.69, 9.17) is 26.1 Å². The first-order valence-electron chi connectivity index (χ1n) is 13.5. The van der Waals surface area contributed by atoms with Crippen LogP contribution in [0.3, 0.4) is 0 Å².